The van der Waals surface area contributed by atoms with Crippen LogP contribution in [0, 0.1) is 0 Å². The molecule has 2 N–H and O–H groups in total. The van der Waals surface area contributed by atoms with E-state index in [9.17, 15) is 14.4 Å². The van der Waals surface area contributed by atoms with E-state index >= 15 is 0 Å². The molecule has 2 heterocycles. The average Bonchev–Trinajstić information content (AvgIpc) is 2.97. The van der Waals surface area contributed by atoms with Gasteiger partial charge in [0.15, 0.2) is 5.69 Å². The lowest BCUT2D eigenvalue weighted by molar-refractivity contribution is -0.128. The fourth-order valence-electron chi connectivity index (χ4n) is 1.83. The highest BCUT2D eigenvalue weighted by molar-refractivity contribution is 5.95. The lowest BCUT2D eigenvalue weighted by Gasteiger charge is -2.12. The molecule has 0 radical (unpaired) electrons. The number of hydrogen-bond acceptors (Lipinski definition) is 6. The van der Waals surface area contributed by atoms with E-state index in [4.69, 9.17) is 9.84 Å². The number of hydrogen-bond donors (Lipinski definition) is 2. The number of nitrogens with one attached hydrogen (secondary N) is 1. The van der Waals surface area contributed by atoms with Gasteiger partial charge in [-0.3, -0.25) is 9.69 Å². The molecule has 0 spiro atoms. The monoisotopic (exact) mass is 283 g/mol. The number of urea groups is 1. The molecule has 0 bridgehead atoms. The Balaban J connectivity index is 2.18. The minimum atomic E-state index is -1.25. The molecule has 20 heavy (non-hydrogen) atoms. The second kappa shape index (κ2) is 5.65. The van der Waals surface area contributed by atoms with Crippen LogP contribution in [0.4, 0.5) is 4.79 Å². The maximum Gasteiger partial charge on any atom is 0.358 e. The first-order chi connectivity index (χ1) is 9.54. The highest BCUT2D eigenvalue weighted by atomic mass is 16.5. The molecule has 0 atom stereocenters. The molecule has 0 unspecified atom stereocenters. The third-order valence-electron chi connectivity index (χ3n) is 2.76. The summed E-state index contributed by atoms with van der Waals surface area (Å²) in [6, 6.07) is -0.470. The van der Waals surface area contributed by atoms with Crippen molar-refractivity contribution in [2.45, 2.75) is 13.2 Å². The van der Waals surface area contributed by atoms with Crippen LogP contribution in [0.25, 0.3) is 0 Å². The number of aromatic carboxylic acids is 1. The van der Waals surface area contributed by atoms with E-state index in [0.717, 1.165) is 9.58 Å². The molecule has 1 aliphatic heterocycles. The normalized spacial score (nSPS) is 14.4. The van der Waals surface area contributed by atoms with Crippen molar-refractivity contribution in [2.75, 3.05) is 20.2 Å². The predicted octanol–water partition coefficient (Wildman–Crippen LogP) is -1.33. The highest BCUT2D eigenvalue weighted by Gasteiger charge is 2.28. The number of carboxylic acid groups (broad SMARTS) is 1. The standard InChI is InChI=1S/C10H13N5O5/c1-20-5-6-8(9(17)18)12-13-15(6)4-7(16)14-3-2-11-10(14)19/h2-5H2,1H3,(H,11,19)(H,17,18). The van der Waals surface area contributed by atoms with Crippen LogP contribution in [0.2, 0.25) is 0 Å². The predicted molar refractivity (Wildman–Crippen MR) is 62.8 cm³/mol. The summed E-state index contributed by atoms with van der Waals surface area (Å²) in [6.45, 7) is 0.353. The zero-order chi connectivity index (χ0) is 14.7. The number of amides is 3. The first-order valence-electron chi connectivity index (χ1n) is 5.77. The first kappa shape index (κ1) is 13.9. The minimum Gasteiger partial charge on any atom is -0.476 e. The van der Waals surface area contributed by atoms with E-state index in [1.165, 1.54) is 7.11 Å². The third kappa shape index (κ3) is 2.59. The second-order valence-corrected chi connectivity index (χ2v) is 4.06. The topological polar surface area (TPSA) is 127 Å². The van der Waals surface area contributed by atoms with Gasteiger partial charge in [0.2, 0.25) is 0 Å². The lowest BCUT2D eigenvalue weighted by Crippen LogP contribution is -2.37. The van der Waals surface area contributed by atoms with Gasteiger partial charge >= 0.3 is 12.0 Å². The van der Waals surface area contributed by atoms with Crippen LogP contribution in [0.3, 0.4) is 0 Å². The molecule has 0 aromatic carbocycles. The molecule has 1 aromatic rings. The number of carbonyl (C=O) groups is 3. The molecule has 1 saturated heterocycles. The Morgan fingerprint density at radius 1 is 1.50 bits per heavy atom. The average molecular weight is 283 g/mol. The number of carboxylic acids is 1. The molecular formula is C10H13N5O5. The summed E-state index contributed by atoms with van der Waals surface area (Å²) in [5.74, 6) is -1.74. The number of carbonyl (C=O) groups excluding carboxylic acids is 2. The van der Waals surface area contributed by atoms with Gasteiger partial charge in [0.1, 0.15) is 6.54 Å². The van der Waals surface area contributed by atoms with Crippen LogP contribution in [0.5, 0.6) is 0 Å². The van der Waals surface area contributed by atoms with Crippen LogP contribution in [0.1, 0.15) is 16.2 Å². The molecule has 1 aliphatic rings. The third-order valence-corrected chi connectivity index (χ3v) is 2.76. The second-order valence-electron chi connectivity index (χ2n) is 4.06. The van der Waals surface area contributed by atoms with E-state index in [0.29, 0.717) is 6.54 Å². The summed E-state index contributed by atoms with van der Waals surface area (Å²) in [4.78, 5) is 35.3. The quantitative estimate of drug-likeness (QED) is 0.685. The van der Waals surface area contributed by atoms with Crippen molar-refractivity contribution in [2.24, 2.45) is 0 Å². The number of ether oxygens (including phenoxy) is 1. The number of nitrogens with zero attached hydrogens (tertiary/aromatic N) is 4. The minimum absolute atomic E-state index is 0.0475. The van der Waals surface area contributed by atoms with Gasteiger partial charge in [-0.25, -0.2) is 14.3 Å². The summed E-state index contributed by atoms with van der Waals surface area (Å²) < 4.78 is 6.00. The van der Waals surface area contributed by atoms with E-state index in [-0.39, 0.29) is 31.1 Å². The molecule has 0 aliphatic carbocycles. The smallest absolute Gasteiger partial charge is 0.358 e. The Hall–Kier alpha value is -2.49. The number of imide groups is 1. The van der Waals surface area contributed by atoms with Gasteiger partial charge in [0, 0.05) is 20.2 Å². The van der Waals surface area contributed by atoms with Gasteiger partial charge in [0.05, 0.1) is 12.3 Å². The van der Waals surface area contributed by atoms with Gasteiger partial charge in [-0.1, -0.05) is 5.21 Å². The van der Waals surface area contributed by atoms with E-state index < -0.39 is 17.9 Å². The van der Waals surface area contributed by atoms with Crippen molar-refractivity contribution in [3.8, 4) is 0 Å². The largest absolute Gasteiger partial charge is 0.476 e. The Kier molecular flexibility index (Phi) is 3.94. The van der Waals surface area contributed by atoms with Gasteiger partial charge in [-0.2, -0.15) is 0 Å². The summed E-state index contributed by atoms with van der Waals surface area (Å²) in [7, 11) is 1.39. The first-order valence-corrected chi connectivity index (χ1v) is 5.77. The van der Waals surface area contributed by atoms with E-state index in [1.54, 1.807) is 0 Å². The summed E-state index contributed by atoms with van der Waals surface area (Å²) in [5, 5.41) is 18.6. The molecule has 1 fully saturated rings. The van der Waals surface area contributed by atoms with Crippen LogP contribution in [0.15, 0.2) is 0 Å². The van der Waals surface area contributed by atoms with Crippen molar-refractivity contribution in [1.29, 1.82) is 0 Å². The summed E-state index contributed by atoms with van der Waals surface area (Å²) in [6.07, 6.45) is 0. The molecule has 2 rings (SSSR count). The molecule has 108 valence electrons. The van der Waals surface area contributed by atoms with Gasteiger partial charge in [-0.05, 0) is 0 Å². The van der Waals surface area contributed by atoms with Crippen LogP contribution < -0.4 is 5.32 Å². The van der Waals surface area contributed by atoms with Gasteiger partial charge in [0.25, 0.3) is 5.91 Å². The van der Waals surface area contributed by atoms with Gasteiger partial charge < -0.3 is 15.2 Å². The Bertz CT molecular complexity index is 554. The summed E-state index contributed by atoms with van der Waals surface area (Å²) >= 11 is 0. The van der Waals surface area contributed by atoms with Crippen molar-refractivity contribution in [3.63, 3.8) is 0 Å². The zero-order valence-electron chi connectivity index (χ0n) is 10.7. The maximum absolute atomic E-state index is 11.9. The fraction of sp³-hybridized carbons (Fsp3) is 0.500. The van der Waals surface area contributed by atoms with Crippen molar-refractivity contribution in [1.82, 2.24) is 25.2 Å². The molecule has 1 aromatic heterocycles. The van der Waals surface area contributed by atoms with Crippen molar-refractivity contribution < 1.29 is 24.2 Å². The summed E-state index contributed by atoms with van der Waals surface area (Å²) in [5.41, 5.74) is -0.0986. The van der Waals surface area contributed by atoms with Crippen LogP contribution >= 0.6 is 0 Å². The zero-order valence-corrected chi connectivity index (χ0v) is 10.7. The van der Waals surface area contributed by atoms with Gasteiger partial charge in [-0.15, -0.1) is 5.10 Å². The number of aromatic nitrogens is 3. The molecule has 0 saturated carbocycles. The SMILES string of the molecule is COCc1c(C(=O)O)nnn1CC(=O)N1CCNC1=O. The van der Waals surface area contributed by atoms with Crippen molar-refractivity contribution >= 4 is 17.9 Å². The van der Waals surface area contributed by atoms with Crippen LogP contribution in [-0.2, 0) is 22.7 Å². The Labute approximate surface area is 113 Å². The number of rotatable bonds is 5. The van der Waals surface area contributed by atoms with E-state index in [2.05, 4.69) is 15.6 Å². The molecular weight excluding hydrogens is 270 g/mol. The lowest BCUT2D eigenvalue weighted by atomic mass is 10.3. The van der Waals surface area contributed by atoms with Crippen LogP contribution in [-0.4, -0.2) is 63.1 Å². The highest BCUT2D eigenvalue weighted by Crippen LogP contribution is 2.08. The van der Waals surface area contributed by atoms with Crippen molar-refractivity contribution in [3.05, 3.63) is 11.4 Å². The Morgan fingerprint density at radius 3 is 2.80 bits per heavy atom. The van der Waals surface area contributed by atoms with E-state index in [1.807, 2.05) is 0 Å². The maximum atomic E-state index is 11.9. The molecule has 3 amide bonds. The molecule has 10 nitrogen and oxygen atoms in total. The Morgan fingerprint density at radius 2 is 2.25 bits per heavy atom. The molecule has 10 heteroatoms. The number of methoxy groups -OCH3 is 1. The fourth-order valence-corrected chi connectivity index (χ4v) is 1.83.